The van der Waals surface area contributed by atoms with E-state index in [1.165, 1.54) is 16.7 Å². The van der Waals surface area contributed by atoms with Crippen LogP contribution in [0.4, 0.5) is 0 Å². The van der Waals surface area contributed by atoms with E-state index in [1.807, 2.05) is 54.6 Å². The van der Waals surface area contributed by atoms with Crippen molar-refractivity contribution in [2.45, 2.75) is 12.3 Å². The third-order valence-electron chi connectivity index (χ3n) is 4.79. The minimum absolute atomic E-state index is 0.180. The van der Waals surface area contributed by atoms with Crippen molar-refractivity contribution in [3.8, 4) is 5.75 Å². The van der Waals surface area contributed by atoms with Gasteiger partial charge in [-0.1, -0.05) is 54.6 Å². The second-order valence-electron chi connectivity index (χ2n) is 6.74. The van der Waals surface area contributed by atoms with Gasteiger partial charge in [0.05, 0.1) is 24.1 Å². The van der Waals surface area contributed by atoms with Crippen LogP contribution in [0.15, 0.2) is 84.0 Å². The van der Waals surface area contributed by atoms with Crippen molar-refractivity contribution < 1.29 is 14.3 Å². The number of benzene rings is 2. The van der Waals surface area contributed by atoms with E-state index in [2.05, 4.69) is 4.98 Å². The van der Waals surface area contributed by atoms with Crippen LogP contribution in [0.25, 0.3) is 5.57 Å². The van der Waals surface area contributed by atoms with Crippen molar-refractivity contribution >= 4 is 29.1 Å². The molecule has 0 radical (unpaired) electrons. The molecule has 1 aliphatic heterocycles. The zero-order valence-corrected chi connectivity index (χ0v) is 17.3. The molecule has 0 bridgehead atoms. The Labute approximate surface area is 179 Å². The number of methoxy groups -OCH3 is 1. The SMILES string of the molecule is COc1ccccc1C1=C(SCc2ccccc2)C(=O)N(Cc2cccnc2)C1=O. The van der Waals surface area contributed by atoms with Crippen LogP contribution in [0, 0.1) is 0 Å². The van der Waals surface area contributed by atoms with Crippen LogP contribution < -0.4 is 4.74 Å². The van der Waals surface area contributed by atoms with Gasteiger partial charge in [0, 0.05) is 23.7 Å². The van der Waals surface area contributed by atoms with Gasteiger partial charge in [0.1, 0.15) is 5.75 Å². The molecule has 0 spiro atoms. The fraction of sp³-hybridized carbons (Fsp3) is 0.125. The predicted molar refractivity (Wildman–Crippen MR) is 117 cm³/mol. The van der Waals surface area contributed by atoms with Gasteiger partial charge in [-0.2, -0.15) is 0 Å². The summed E-state index contributed by atoms with van der Waals surface area (Å²) in [6.07, 6.45) is 3.33. The molecule has 0 unspecified atom stereocenters. The predicted octanol–water partition coefficient (Wildman–Crippen LogP) is 4.30. The van der Waals surface area contributed by atoms with Gasteiger partial charge in [0.15, 0.2) is 0 Å². The van der Waals surface area contributed by atoms with Gasteiger partial charge in [-0.15, -0.1) is 11.8 Å². The van der Waals surface area contributed by atoms with Crippen LogP contribution in [0.2, 0.25) is 0 Å². The van der Waals surface area contributed by atoms with E-state index in [9.17, 15) is 9.59 Å². The summed E-state index contributed by atoms with van der Waals surface area (Å²) in [5.74, 6) is 0.554. The van der Waals surface area contributed by atoms with Crippen LogP contribution in [0.5, 0.6) is 5.75 Å². The molecule has 2 amide bonds. The minimum atomic E-state index is -0.316. The summed E-state index contributed by atoms with van der Waals surface area (Å²) in [5.41, 5.74) is 2.90. The number of carbonyl (C=O) groups is 2. The first-order valence-electron chi connectivity index (χ1n) is 9.48. The van der Waals surface area contributed by atoms with E-state index in [1.54, 1.807) is 31.6 Å². The lowest BCUT2D eigenvalue weighted by Crippen LogP contribution is -2.31. The van der Waals surface area contributed by atoms with Crippen molar-refractivity contribution in [1.29, 1.82) is 0 Å². The summed E-state index contributed by atoms with van der Waals surface area (Å²) in [7, 11) is 1.56. The Bertz CT molecular complexity index is 1100. The molecule has 5 nitrogen and oxygen atoms in total. The van der Waals surface area contributed by atoms with Gasteiger partial charge in [0.25, 0.3) is 11.8 Å². The summed E-state index contributed by atoms with van der Waals surface area (Å²) in [6.45, 7) is 0.180. The number of hydrogen-bond acceptors (Lipinski definition) is 5. The summed E-state index contributed by atoms with van der Waals surface area (Å²) in [5, 5.41) is 0. The minimum Gasteiger partial charge on any atom is -0.496 e. The lowest BCUT2D eigenvalue weighted by atomic mass is 10.0. The molecule has 0 fully saturated rings. The van der Waals surface area contributed by atoms with E-state index >= 15 is 0 Å². The molecule has 3 aromatic rings. The Hall–Kier alpha value is -3.38. The zero-order valence-electron chi connectivity index (χ0n) is 16.4. The Kier molecular flexibility index (Phi) is 5.95. The van der Waals surface area contributed by atoms with Crippen LogP contribution in [-0.4, -0.2) is 28.8 Å². The summed E-state index contributed by atoms with van der Waals surface area (Å²) in [4.78, 5) is 32.5. The molecular formula is C24H20N2O3S. The van der Waals surface area contributed by atoms with Crippen LogP contribution in [0.1, 0.15) is 16.7 Å². The smallest absolute Gasteiger partial charge is 0.268 e. The molecule has 4 rings (SSSR count). The highest BCUT2D eigenvalue weighted by atomic mass is 32.2. The number of para-hydroxylation sites is 1. The monoisotopic (exact) mass is 416 g/mol. The molecule has 0 saturated carbocycles. The van der Waals surface area contributed by atoms with Crippen LogP contribution >= 0.6 is 11.8 Å². The van der Waals surface area contributed by atoms with Gasteiger partial charge < -0.3 is 4.74 Å². The summed E-state index contributed by atoms with van der Waals surface area (Å²) >= 11 is 1.38. The van der Waals surface area contributed by atoms with E-state index < -0.39 is 0 Å². The number of hydrogen-bond donors (Lipinski definition) is 0. The second kappa shape index (κ2) is 8.97. The van der Waals surface area contributed by atoms with Crippen LogP contribution in [0.3, 0.4) is 0 Å². The van der Waals surface area contributed by atoms with Crippen LogP contribution in [-0.2, 0) is 21.9 Å². The third-order valence-corrected chi connectivity index (χ3v) is 5.94. The molecule has 0 N–H and O–H groups in total. The number of nitrogens with zero attached hydrogens (tertiary/aromatic N) is 2. The zero-order chi connectivity index (χ0) is 20.9. The standard InChI is InChI=1S/C24H20N2O3S/c1-29-20-12-6-5-11-19(20)21-22(30-16-17-8-3-2-4-9-17)24(28)26(23(21)27)15-18-10-7-13-25-14-18/h2-14H,15-16H2,1H3. The van der Waals surface area contributed by atoms with Crippen molar-refractivity contribution in [3.63, 3.8) is 0 Å². The summed E-state index contributed by atoms with van der Waals surface area (Å²) in [6, 6.07) is 20.8. The molecule has 2 aromatic carbocycles. The van der Waals surface area contributed by atoms with Crippen molar-refractivity contribution in [1.82, 2.24) is 9.88 Å². The highest BCUT2D eigenvalue weighted by Crippen LogP contribution is 2.40. The van der Waals surface area contributed by atoms with Gasteiger partial charge in [-0.05, 0) is 23.3 Å². The molecular weight excluding hydrogens is 396 g/mol. The molecule has 2 heterocycles. The van der Waals surface area contributed by atoms with E-state index in [4.69, 9.17) is 4.74 Å². The van der Waals surface area contributed by atoms with E-state index in [0.29, 0.717) is 27.5 Å². The third kappa shape index (κ3) is 4.00. The van der Waals surface area contributed by atoms with Crippen molar-refractivity contribution in [3.05, 3.63) is 101 Å². The number of aromatic nitrogens is 1. The molecule has 1 aliphatic rings. The number of imide groups is 1. The fourth-order valence-corrected chi connectivity index (χ4v) is 4.40. The molecule has 6 heteroatoms. The Morgan fingerprint density at radius 2 is 1.63 bits per heavy atom. The summed E-state index contributed by atoms with van der Waals surface area (Å²) < 4.78 is 5.47. The Morgan fingerprint density at radius 1 is 0.900 bits per heavy atom. The number of rotatable bonds is 7. The highest BCUT2D eigenvalue weighted by molar-refractivity contribution is 8.03. The maximum Gasteiger partial charge on any atom is 0.268 e. The molecule has 150 valence electrons. The van der Waals surface area contributed by atoms with Crippen molar-refractivity contribution in [2.75, 3.05) is 7.11 Å². The molecule has 30 heavy (non-hydrogen) atoms. The number of amides is 2. The van der Waals surface area contributed by atoms with Gasteiger partial charge in [-0.25, -0.2) is 0 Å². The average Bonchev–Trinajstić information content (AvgIpc) is 3.03. The number of ether oxygens (including phenoxy) is 1. The normalized spacial score (nSPS) is 13.8. The van der Waals surface area contributed by atoms with Gasteiger partial charge in [-0.3, -0.25) is 19.5 Å². The first kappa shape index (κ1) is 19.9. The molecule has 1 aromatic heterocycles. The largest absolute Gasteiger partial charge is 0.496 e. The average molecular weight is 417 g/mol. The van der Waals surface area contributed by atoms with E-state index in [-0.39, 0.29) is 18.4 Å². The maximum atomic E-state index is 13.4. The van der Waals surface area contributed by atoms with Crippen molar-refractivity contribution in [2.24, 2.45) is 0 Å². The quantitative estimate of drug-likeness (QED) is 0.538. The number of pyridine rings is 1. The molecule has 0 atom stereocenters. The number of thioether (sulfide) groups is 1. The molecule has 0 aliphatic carbocycles. The van der Waals surface area contributed by atoms with Gasteiger partial charge >= 0.3 is 0 Å². The Balaban J connectivity index is 1.71. The topological polar surface area (TPSA) is 59.5 Å². The first-order chi connectivity index (χ1) is 14.7. The molecule has 0 saturated heterocycles. The fourth-order valence-electron chi connectivity index (χ4n) is 3.32. The lowest BCUT2D eigenvalue weighted by Gasteiger charge is -2.15. The lowest BCUT2D eigenvalue weighted by molar-refractivity contribution is -0.137. The van der Waals surface area contributed by atoms with Gasteiger partial charge in [0.2, 0.25) is 0 Å². The second-order valence-corrected chi connectivity index (χ2v) is 7.72. The van der Waals surface area contributed by atoms with E-state index in [0.717, 1.165) is 11.1 Å². The first-order valence-corrected chi connectivity index (χ1v) is 10.5. The number of carbonyl (C=O) groups excluding carboxylic acids is 2. The Morgan fingerprint density at radius 3 is 2.37 bits per heavy atom. The highest BCUT2D eigenvalue weighted by Gasteiger charge is 2.40. The maximum absolute atomic E-state index is 13.4.